The van der Waals surface area contributed by atoms with E-state index in [9.17, 15) is 48.7 Å². The van der Waals surface area contributed by atoms with Crippen molar-refractivity contribution in [1.29, 1.82) is 0 Å². The number of nitrogens with one attached hydrogen (secondary N) is 1. The molecule has 0 heterocycles. The van der Waals surface area contributed by atoms with Crippen LogP contribution in [0.1, 0.15) is 36.0 Å². The third-order valence-electron chi connectivity index (χ3n) is 6.97. The first-order chi connectivity index (χ1) is 22.6. The molecule has 0 bridgehead atoms. The third-order valence-corrected chi connectivity index (χ3v) is 6.97. The highest BCUT2D eigenvalue weighted by Gasteiger charge is 2.44. The van der Waals surface area contributed by atoms with Gasteiger partial charge in [0.1, 0.15) is 23.1 Å². The van der Waals surface area contributed by atoms with Crippen molar-refractivity contribution < 1.29 is 58.2 Å². The summed E-state index contributed by atoms with van der Waals surface area (Å²) in [5.74, 6) is -4.17. The number of halogens is 10. The summed E-state index contributed by atoms with van der Waals surface area (Å²) in [5, 5.41) is 2.52. The maximum atomic E-state index is 14.6. The van der Waals surface area contributed by atoms with Crippen molar-refractivity contribution in [2.45, 2.75) is 56.0 Å². The Morgan fingerprint density at radius 3 is 2.15 bits per heavy atom. The second-order valence-electron chi connectivity index (χ2n) is 10.5. The Morgan fingerprint density at radius 1 is 0.958 bits per heavy atom. The predicted octanol–water partition coefficient (Wildman–Crippen LogP) is 9.58. The molecule has 4 nitrogen and oxygen atoms in total. The van der Waals surface area contributed by atoms with Crippen LogP contribution in [-0.2, 0) is 27.7 Å². The summed E-state index contributed by atoms with van der Waals surface area (Å²) in [4.78, 5) is 11.6. The molecule has 1 N–H and O–H groups in total. The molecule has 0 unspecified atom stereocenters. The van der Waals surface area contributed by atoms with E-state index in [1.807, 2.05) is 0 Å². The molecule has 48 heavy (non-hydrogen) atoms. The van der Waals surface area contributed by atoms with Crippen LogP contribution in [0.3, 0.4) is 0 Å². The number of hydrogen-bond acceptors (Lipinski definition) is 3. The van der Waals surface area contributed by atoms with Crippen LogP contribution < -0.4 is 10.1 Å². The normalized spacial score (nSPS) is 15.2. The van der Waals surface area contributed by atoms with Gasteiger partial charge in [0.05, 0.1) is 17.2 Å². The van der Waals surface area contributed by atoms with Crippen molar-refractivity contribution in [3.05, 3.63) is 138 Å². The van der Waals surface area contributed by atoms with Crippen LogP contribution >= 0.6 is 0 Å². The molecule has 0 saturated heterocycles. The van der Waals surface area contributed by atoms with E-state index in [1.54, 1.807) is 30.3 Å². The van der Waals surface area contributed by atoms with E-state index in [0.29, 0.717) is 24.1 Å². The Morgan fingerprint density at radius 2 is 1.60 bits per heavy atom. The Kier molecular flexibility index (Phi) is 12.9. The summed E-state index contributed by atoms with van der Waals surface area (Å²) in [6.45, 7) is 3.56. The molecule has 14 heteroatoms. The zero-order valence-electron chi connectivity index (χ0n) is 24.9. The van der Waals surface area contributed by atoms with Crippen LogP contribution in [0.2, 0.25) is 0 Å². The summed E-state index contributed by atoms with van der Waals surface area (Å²) in [6, 6.07) is 14.7. The van der Waals surface area contributed by atoms with Gasteiger partial charge in [-0.3, -0.25) is 4.79 Å². The number of alkyl halides is 7. The van der Waals surface area contributed by atoms with Crippen molar-refractivity contribution >= 4 is 6.41 Å². The maximum Gasteiger partial charge on any atom is 0.461 e. The zero-order valence-corrected chi connectivity index (χ0v) is 24.9. The second-order valence-corrected chi connectivity index (χ2v) is 10.5. The van der Waals surface area contributed by atoms with Crippen LogP contribution in [0.25, 0.3) is 0 Å². The fourth-order valence-electron chi connectivity index (χ4n) is 4.37. The van der Waals surface area contributed by atoms with Gasteiger partial charge in [-0.25, -0.2) is 13.2 Å². The first kappa shape index (κ1) is 37.7. The molecular weight excluding hydrogens is 660 g/mol. The summed E-state index contributed by atoms with van der Waals surface area (Å²) in [7, 11) is 0. The van der Waals surface area contributed by atoms with E-state index >= 15 is 0 Å². The highest BCUT2D eigenvalue weighted by Crippen LogP contribution is 2.35. The van der Waals surface area contributed by atoms with Gasteiger partial charge in [-0.1, -0.05) is 61.2 Å². The van der Waals surface area contributed by atoms with E-state index in [4.69, 9.17) is 4.74 Å². The molecule has 1 aliphatic rings. The Bertz CT molecular complexity index is 1590. The first-order valence-electron chi connectivity index (χ1n) is 14.2. The SMILES string of the molecule is C=C(OC1CCC1)/C(F)=C\C=C\[C@@](Cc1ccccc1)(NC=O)c1cc(F)cc(OC(F)(F)C(F)F)c1.Fc1ccccc1C(F)(F)F. The van der Waals surface area contributed by atoms with Crippen LogP contribution in [0.15, 0.2) is 109 Å². The lowest BCUT2D eigenvalue weighted by Gasteiger charge is -2.32. The standard InChI is InChI=1S/C27H25F6NO3.C7H4F4/c1-18(36-22-9-5-10-22)24(29)11-6-12-26(34-17-35,16-19-7-3-2-4-8-19)20-13-21(28)15-23(14-20)37-27(32,33)25(30)31;8-6-4-2-1-3-5(6)7(9,10)11/h2-4,6-8,11-15,17,22,25H,1,5,9-10,16H2,(H,34,35);1-4H/b12-6+,24-11+;/t26-;/m0./s1. The van der Waals surface area contributed by atoms with Gasteiger partial charge < -0.3 is 14.8 Å². The Labute approximate surface area is 269 Å². The van der Waals surface area contributed by atoms with Crippen molar-refractivity contribution in [3.63, 3.8) is 0 Å². The molecule has 0 aliphatic heterocycles. The molecule has 0 radical (unpaired) electrons. The lowest BCUT2D eigenvalue weighted by molar-refractivity contribution is -0.253. The molecule has 4 rings (SSSR count). The number of rotatable bonds is 13. The van der Waals surface area contributed by atoms with Crippen molar-refractivity contribution in [2.75, 3.05) is 0 Å². The number of benzene rings is 3. The Hall–Kier alpha value is -4.75. The molecule has 1 atom stereocenters. The second kappa shape index (κ2) is 16.4. The minimum Gasteiger partial charge on any atom is -0.488 e. The molecule has 1 amide bonds. The molecule has 258 valence electrons. The monoisotopic (exact) mass is 689 g/mol. The fraction of sp³-hybridized carbons (Fsp3) is 0.265. The molecule has 3 aromatic rings. The first-order valence-corrected chi connectivity index (χ1v) is 14.2. The summed E-state index contributed by atoms with van der Waals surface area (Å²) in [5.41, 5.74) is -2.32. The molecule has 3 aromatic carbocycles. The van der Waals surface area contributed by atoms with E-state index in [-0.39, 0.29) is 23.8 Å². The van der Waals surface area contributed by atoms with E-state index in [0.717, 1.165) is 49.6 Å². The number of amides is 1. The number of ether oxygens (including phenoxy) is 2. The summed E-state index contributed by atoms with van der Waals surface area (Å²) in [6.07, 6.45) is -7.36. The van der Waals surface area contributed by atoms with Gasteiger partial charge >= 0.3 is 18.7 Å². The number of carbonyl (C=O) groups is 1. The van der Waals surface area contributed by atoms with Crippen LogP contribution in [0, 0.1) is 11.6 Å². The van der Waals surface area contributed by atoms with Gasteiger partial charge in [0, 0.05) is 12.5 Å². The summed E-state index contributed by atoms with van der Waals surface area (Å²) < 4.78 is 139. The fourth-order valence-corrected chi connectivity index (χ4v) is 4.37. The average Bonchev–Trinajstić information content (AvgIpc) is 2.98. The van der Waals surface area contributed by atoms with Crippen molar-refractivity contribution in [1.82, 2.24) is 5.32 Å². The lowest BCUT2D eigenvalue weighted by atomic mass is 9.83. The van der Waals surface area contributed by atoms with E-state index in [2.05, 4.69) is 16.6 Å². The minimum absolute atomic E-state index is 0.0355. The molecule has 1 fully saturated rings. The van der Waals surface area contributed by atoms with E-state index in [1.165, 1.54) is 18.2 Å². The third kappa shape index (κ3) is 10.6. The minimum atomic E-state index is -4.88. The highest BCUT2D eigenvalue weighted by molar-refractivity contribution is 5.53. The largest absolute Gasteiger partial charge is 0.488 e. The van der Waals surface area contributed by atoms with Crippen LogP contribution in [-0.4, -0.2) is 25.0 Å². The van der Waals surface area contributed by atoms with Crippen molar-refractivity contribution in [2.24, 2.45) is 0 Å². The van der Waals surface area contributed by atoms with Gasteiger partial charge in [-0.05, 0) is 60.7 Å². The lowest BCUT2D eigenvalue weighted by Crippen LogP contribution is -2.42. The maximum absolute atomic E-state index is 14.6. The number of carbonyl (C=O) groups excluding carboxylic acids is 1. The quantitative estimate of drug-likeness (QED) is 0.0842. The van der Waals surface area contributed by atoms with Gasteiger partial charge in [0.25, 0.3) is 0 Å². The molecule has 1 aliphatic carbocycles. The summed E-state index contributed by atoms with van der Waals surface area (Å²) >= 11 is 0. The van der Waals surface area contributed by atoms with Crippen molar-refractivity contribution in [3.8, 4) is 5.75 Å². The molecule has 0 aromatic heterocycles. The molecular formula is C34H29F10NO3. The van der Waals surface area contributed by atoms with Crippen LogP contribution in [0.5, 0.6) is 5.75 Å². The smallest absolute Gasteiger partial charge is 0.461 e. The molecule has 0 spiro atoms. The van der Waals surface area contributed by atoms with E-state index < -0.39 is 53.0 Å². The Balaban J connectivity index is 0.000000480. The zero-order chi connectivity index (χ0) is 35.5. The van der Waals surface area contributed by atoms with Gasteiger partial charge in [-0.2, -0.15) is 30.7 Å². The predicted molar refractivity (Wildman–Crippen MR) is 157 cm³/mol. The van der Waals surface area contributed by atoms with Gasteiger partial charge in [0.2, 0.25) is 6.41 Å². The number of allylic oxidation sites excluding steroid dienone is 3. The van der Waals surface area contributed by atoms with Gasteiger partial charge in [-0.15, -0.1) is 0 Å². The van der Waals surface area contributed by atoms with Crippen LogP contribution in [0.4, 0.5) is 43.9 Å². The topological polar surface area (TPSA) is 47.6 Å². The average molecular weight is 690 g/mol. The van der Waals surface area contributed by atoms with Gasteiger partial charge in [0.15, 0.2) is 5.83 Å². The highest BCUT2D eigenvalue weighted by atomic mass is 19.4. The number of hydrogen-bond donors (Lipinski definition) is 1. The molecule has 1 saturated carbocycles.